The molecule has 8 heteroatoms. The number of ether oxygens (including phenoxy) is 1. The first-order chi connectivity index (χ1) is 17.8. The number of carbonyl (C=O) groups excluding carboxylic acids is 1. The fourth-order valence-electron chi connectivity index (χ4n) is 5.68. The van der Waals surface area contributed by atoms with Crippen LogP contribution in [0.5, 0.6) is 5.75 Å². The molecule has 1 aromatic carbocycles. The zero-order valence-corrected chi connectivity index (χ0v) is 23.5. The van der Waals surface area contributed by atoms with Gasteiger partial charge in [-0.2, -0.15) is 0 Å². The molecule has 2 aromatic rings. The lowest BCUT2D eigenvalue weighted by molar-refractivity contribution is 0.201. The van der Waals surface area contributed by atoms with Gasteiger partial charge in [0.1, 0.15) is 10.8 Å². The Morgan fingerprint density at radius 1 is 1.22 bits per heavy atom. The molecular formula is C29H39N5O2S. The lowest BCUT2D eigenvalue weighted by atomic mass is 9.91. The van der Waals surface area contributed by atoms with Crippen LogP contribution in [0, 0.1) is 0 Å². The van der Waals surface area contributed by atoms with Crippen LogP contribution in [0.2, 0.25) is 0 Å². The molecule has 2 aliphatic carbocycles. The summed E-state index contributed by atoms with van der Waals surface area (Å²) in [6.07, 6.45) is 9.54. The van der Waals surface area contributed by atoms with Crippen molar-refractivity contribution in [2.45, 2.75) is 64.1 Å². The van der Waals surface area contributed by atoms with Crippen LogP contribution in [-0.2, 0) is 0 Å². The molecule has 2 heterocycles. The molecule has 1 aliphatic heterocycles. The molecule has 0 spiro atoms. The predicted molar refractivity (Wildman–Crippen MR) is 152 cm³/mol. The summed E-state index contributed by atoms with van der Waals surface area (Å²) in [5.41, 5.74) is 6.20. The summed E-state index contributed by atoms with van der Waals surface area (Å²) in [6, 6.07) is 6.87. The molecule has 0 radical (unpaired) electrons. The Kier molecular flexibility index (Phi) is 7.58. The Labute approximate surface area is 224 Å². The molecule has 1 saturated carbocycles. The summed E-state index contributed by atoms with van der Waals surface area (Å²) in [4.78, 5) is 23.3. The van der Waals surface area contributed by atoms with Crippen molar-refractivity contribution < 1.29 is 9.53 Å². The summed E-state index contributed by atoms with van der Waals surface area (Å²) in [5, 5.41) is 7.62. The molecule has 37 heavy (non-hydrogen) atoms. The van der Waals surface area contributed by atoms with Gasteiger partial charge in [-0.1, -0.05) is 6.08 Å². The molecule has 2 amide bonds. The Balaban J connectivity index is 1.31. The highest BCUT2D eigenvalue weighted by Crippen LogP contribution is 2.44. The van der Waals surface area contributed by atoms with Crippen LogP contribution >= 0.6 is 11.3 Å². The van der Waals surface area contributed by atoms with Gasteiger partial charge in [0.25, 0.3) is 0 Å². The van der Waals surface area contributed by atoms with Gasteiger partial charge >= 0.3 is 6.03 Å². The average molecular weight is 522 g/mol. The summed E-state index contributed by atoms with van der Waals surface area (Å²) in [6.45, 7) is 5.71. The zero-order chi connectivity index (χ0) is 26.1. The highest BCUT2D eigenvalue weighted by molar-refractivity contribution is 7.16. The molecular weight excluding hydrogens is 482 g/mol. The molecule has 7 nitrogen and oxygen atoms in total. The van der Waals surface area contributed by atoms with Crippen molar-refractivity contribution in [2.24, 2.45) is 0 Å². The normalized spacial score (nSPS) is 21.5. The number of hydrogen-bond donors (Lipinski definition) is 2. The number of nitrogens with one attached hydrogen (secondary N) is 2. The van der Waals surface area contributed by atoms with Crippen LogP contribution < -0.4 is 15.4 Å². The second-order valence-corrected chi connectivity index (χ2v) is 11.7. The molecule has 1 saturated heterocycles. The van der Waals surface area contributed by atoms with E-state index in [0.29, 0.717) is 6.04 Å². The lowest BCUT2D eigenvalue weighted by Gasteiger charge is -2.24. The van der Waals surface area contributed by atoms with E-state index in [1.807, 2.05) is 38.1 Å². The molecule has 5 rings (SSSR count). The molecule has 3 aliphatic rings. The SMILES string of the molecule is CNc1cc(-c2ncc(C3=C4CC[C@H](NC(=O)N5CC[C@H](N(C)C)C5)C4=CCC3)s2)ccc1OC(C)C. The highest BCUT2D eigenvalue weighted by atomic mass is 32.1. The second kappa shape index (κ2) is 10.9. The van der Waals surface area contributed by atoms with E-state index in [-0.39, 0.29) is 18.2 Å². The number of benzene rings is 1. The van der Waals surface area contributed by atoms with Gasteiger partial charge in [-0.15, -0.1) is 11.3 Å². The van der Waals surface area contributed by atoms with E-state index in [9.17, 15) is 4.79 Å². The van der Waals surface area contributed by atoms with Gasteiger partial charge in [-0.05, 0) is 95.0 Å². The van der Waals surface area contributed by atoms with Crippen molar-refractivity contribution >= 4 is 28.6 Å². The van der Waals surface area contributed by atoms with Gasteiger partial charge in [-0.3, -0.25) is 0 Å². The number of urea groups is 1. The fraction of sp³-hybridized carbons (Fsp3) is 0.517. The quantitative estimate of drug-likeness (QED) is 0.495. The van der Waals surface area contributed by atoms with Crippen LogP contribution in [0.25, 0.3) is 16.1 Å². The molecule has 1 aromatic heterocycles. The minimum absolute atomic E-state index is 0.0777. The number of allylic oxidation sites excluding steroid dienone is 2. The van der Waals surface area contributed by atoms with Crippen LogP contribution in [-0.4, -0.2) is 73.2 Å². The number of carbonyl (C=O) groups is 1. The van der Waals surface area contributed by atoms with Gasteiger partial charge in [0.05, 0.1) is 22.7 Å². The van der Waals surface area contributed by atoms with Crippen molar-refractivity contribution in [3.8, 4) is 16.3 Å². The molecule has 0 unspecified atom stereocenters. The minimum Gasteiger partial charge on any atom is -0.489 e. The Morgan fingerprint density at radius 2 is 2.05 bits per heavy atom. The third kappa shape index (κ3) is 5.41. The van der Waals surface area contributed by atoms with E-state index in [1.54, 1.807) is 11.3 Å². The lowest BCUT2D eigenvalue weighted by Crippen LogP contribution is -2.44. The van der Waals surface area contributed by atoms with Gasteiger partial charge in [-0.25, -0.2) is 9.78 Å². The van der Waals surface area contributed by atoms with Crippen LogP contribution in [0.1, 0.15) is 50.8 Å². The monoisotopic (exact) mass is 521 g/mol. The third-order valence-corrected chi connectivity index (χ3v) is 8.78. The standard InChI is InChI=1S/C29H39N5O2S/c1-18(2)36-26-12-9-19(15-25(26)30-3)28-31-16-27(37-28)23-8-6-7-22-21(23)10-11-24(22)32-29(35)34-14-13-20(17-34)33(4)5/h7,9,12,15-16,18,20,24,30H,6,8,10-11,13-14,17H2,1-5H3,(H,32,35)/t20-,24-/m0/s1. The number of rotatable bonds is 7. The fourth-order valence-corrected chi connectivity index (χ4v) is 6.70. The van der Waals surface area contributed by atoms with E-state index >= 15 is 0 Å². The maximum absolute atomic E-state index is 13.0. The predicted octanol–water partition coefficient (Wildman–Crippen LogP) is 5.62. The van der Waals surface area contributed by atoms with Crippen molar-refractivity contribution in [1.29, 1.82) is 0 Å². The summed E-state index contributed by atoms with van der Waals surface area (Å²) < 4.78 is 5.93. The highest BCUT2D eigenvalue weighted by Gasteiger charge is 2.34. The number of likely N-dealkylation sites (tertiary alicyclic amines) is 1. The van der Waals surface area contributed by atoms with E-state index < -0.39 is 0 Å². The molecule has 198 valence electrons. The first kappa shape index (κ1) is 25.8. The Morgan fingerprint density at radius 3 is 2.78 bits per heavy atom. The minimum atomic E-state index is 0.0777. The summed E-state index contributed by atoms with van der Waals surface area (Å²) >= 11 is 1.75. The number of amides is 2. The van der Waals surface area contributed by atoms with Gasteiger partial charge in [0.15, 0.2) is 0 Å². The Hall–Kier alpha value is -2.84. The number of thiazole rings is 1. The van der Waals surface area contributed by atoms with Crippen LogP contribution in [0.4, 0.5) is 10.5 Å². The number of fused-ring (bicyclic) bond motifs is 1. The topological polar surface area (TPSA) is 69.7 Å². The van der Waals surface area contributed by atoms with Gasteiger partial charge < -0.3 is 25.2 Å². The second-order valence-electron chi connectivity index (χ2n) is 10.7. The number of aromatic nitrogens is 1. The van der Waals surface area contributed by atoms with Crippen LogP contribution in [0.15, 0.2) is 41.6 Å². The first-order valence-corrected chi connectivity index (χ1v) is 14.2. The van der Waals surface area contributed by atoms with E-state index in [1.165, 1.54) is 21.6 Å². The largest absolute Gasteiger partial charge is 0.489 e. The van der Waals surface area contributed by atoms with Crippen molar-refractivity contribution in [1.82, 2.24) is 20.1 Å². The number of nitrogens with zero attached hydrogens (tertiary/aromatic N) is 3. The van der Waals surface area contributed by atoms with E-state index in [4.69, 9.17) is 9.72 Å². The van der Waals surface area contributed by atoms with E-state index in [0.717, 1.165) is 67.2 Å². The summed E-state index contributed by atoms with van der Waals surface area (Å²) in [5.74, 6) is 0.857. The molecule has 0 bridgehead atoms. The van der Waals surface area contributed by atoms with Crippen LogP contribution in [0.3, 0.4) is 0 Å². The Bertz CT molecular complexity index is 1210. The summed E-state index contributed by atoms with van der Waals surface area (Å²) in [7, 11) is 6.10. The maximum Gasteiger partial charge on any atom is 0.317 e. The first-order valence-electron chi connectivity index (χ1n) is 13.4. The molecule has 2 N–H and O–H groups in total. The maximum atomic E-state index is 13.0. The molecule has 2 atom stereocenters. The molecule has 2 fully saturated rings. The van der Waals surface area contributed by atoms with Crippen molar-refractivity contribution in [3.63, 3.8) is 0 Å². The van der Waals surface area contributed by atoms with Crippen molar-refractivity contribution in [2.75, 3.05) is 39.5 Å². The van der Waals surface area contributed by atoms with Gasteiger partial charge in [0.2, 0.25) is 0 Å². The number of likely N-dealkylation sites (N-methyl/N-ethyl adjacent to an activating group) is 1. The number of anilines is 1. The van der Waals surface area contributed by atoms with Gasteiger partial charge in [0, 0.05) is 37.9 Å². The van der Waals surface area contributed by atoms with E-state index in [2.05, 4.69) is 47.8 Å². The van der Waals surface area contributed by atoms with Crippen molar-refractivity contribution in [3.05, 3.63) is 46.5 Å². The average Bonchev–Trinajstić information content (AvgIpc) is 3.64. The smallest absolute Gasteiger partial charge is 0.317 e. The number of hydrogen-bond acceptors (Lipinski definition) is 6. The zero-order valence-electron chi connectivity index (χ0n) is 22.6. The third-order valence-electron chi connectivity index (χ3n) is 7.67.